The van der Waals surface area contributed by atoms with Crippen molar-refractivity contribution in [1.82, 2.24) is 9.97 Å². The molecule has 2 amide bonds. The molecule has 9 heteroatoms. The van der Waals surface area contributed by atoms with Gasteiger partial charge in [-0.1, -0.05) is 0 Å². The van der Waals surface area contributed by atoms with Crippen molar-refractivity contribution in [3.05, 3.63) is 83.4 Å². The number of primary amides is 1. The molecule has 0 unspecified atom stereocenters. The van der Waals surface area contributed by atoms with Crippen LogP contribution in [0.1, 0.15) is 26.3 Å². The van der Waals surface area contributed by atoms with Crippen molar-refractivity contribution in [2.24, 2.45) is 5.73 Å². The van der Waals surface area contributed by atoms with E-state index in [1.807, 2.05) is 0 Å². The minimum absolute atomic E-state index is 0.0731. The number of hydrogen-bond acceptors (Lipinski definition) is 5. The number of nitrogens with zero attached hydrogens (tertiary/aromatic N) is 2. The molecule has 3 aromatic rings. The summed E-state index contributed by atoms with van der Waals surface area (Å²) in [6, 6.07) is 7.64. The van der Waals surface area contributed by atoms with Gasteiger partial charge in [-0.15, -0.1) is 0 Å². The predicted molar refractivity (Wildman–Crippen MR) is 95.6 cm³/mol. The normalized spacial score (nSPS) is 10.4. The molecule has 0 bridgehead atoms. The molecular formula is C19H14F2N4O3. The number of ether oxygens (including phenoxy) is 1. The van der Waals surface area contributed by atoms with Crippen LogP contribution in [0.15, 0.2) is 55.0 Å². The van der Waals surface area contributed by atoms with Crippen molar-refractivity contribution < 1.29 is 23.1 Å². The number of hydrogen-bond donors (Lipinski definition) is 2. The van der Waals surface area contributed by atoms with E-state index in [1.54, 1.807) is 0 Å². The van der Waals surface area contributed by atoms with Crippen LogP contribution >= 0.6 is 0 Å². The smallest absolute Gasteiger partial charge is 0.255 e. The first-order chi connectivity index (χ1) is 13.4. The van der Waals surface area contributed by atoms with Gasteiger partial charge in [-0.25, -0.2) is 9.37 Å². The van der Waals surface area contributed by atoms with Crippen molar-refractivity contribution in [3.63, 3.8) is 0 Å². The highest BCUT2D eigenvalue weighted by molar-refractivity contribution is 6.04. The fraction of sp³-hybridized carbons (Fsp3) is 0.0526. The second kappa shape index (κ2) is 8.21. The average molecular weight is 384 g/mol. The Balaban J connectivity index is 1.72. The number of nitrogens with one attached hydrogen (secondary N) is 1. The summed E-state index contributed by atoms with van der Waals surface area (Å²) in [5, 5.41) is 2.55. The minimum atomic E-state index is -0.785. The summed E-state index contributed by atoms with van der Waals surface area (Å²) in [4.78, 5) is 30.5. The van der Waals surface area contributed by atoms with Gasteiger partial charge in [-0.3, -0.25) is 14.6 Å². The fourth-order valence-electron chi connectivity index (χ4n) is 2.30. The van der Waals surface area contributed by atoms with Gasteiger partial charge in [0, 0.05) is 35.3 Å². The van der Waals surface area contributed by atoms with E-state index in [0.29, 0.717) is 5.69 Å². The summed E-state index contributed by atoms with van der Waals surface area (Å²) < 4.78 is 32.6. The zero-order chi connectivity index (χ0) is 20.1. The van der Waals surface area contributed by atoms with E-state index in [2.05, 4.69) is 15.3 Å². The lowest BCUT2D eigenvalue weighted by Gasteiger charge is -2.10. The van der Waals surface area contributed by atoms with Gasteiger partial charge in [0.25, 0.3) is 5.91 Å². The van der Waals surface area contributed by atoms with Crippen molar-refractivity contribution in [1.29, 1.82) is 0 Å². The van der Waals surface area contributed by atoms with Gasteiger partial charge in [0.2, 0.25) is 11.9 Å². The summed E-state index contributed by atoms with van der Waals surface area (Å²) >= 11 is 0. The van der Waals surface area contributed by atoms with Crippen LogP contribution < -0.4 is 15.8 Å². The van der Waals surface area contributed by atoms with Crippen LogP contribution in [0.2, 0.25) is 0 Å². The Labute approximate surface area is 158 Å². The molecule has 7 nitrogen and oxygen atoms in total. The van der Waals surface area contributed by atoms with Gasteiger partial charge in [0.1, 0.15) is 18.2 Å². The fourth-order valence-corrected chi connectivity index (χ4v) is 2.30. The second-order valence-corrected chi connectivity index (χ2v) is 5.69. The van der Waals surface area contributed by atoms with Gasteiger partial charge in [-0.2, -0.15) is 4.39 Å². The Bertz CT molecular complexity index is 1040. The predicted octanol–water partition coefficient (Wildman–Crippen LogP) is 2.69. The van der Waals surface area contributed by atoms with Crippen LogP contribution in [0.3, 0.4) is 0 Å². The summed E-state index contributed by atoms with van der Waals surface area (Å²) in [5.74, 6) is -2.34. The van der Waals surface area contributed by atoms with Gasteiger partial charge < -0.3 is 15.8 Å². The lowest BCUT2D eigenvalue weighted by Crippen LogP contribution is -2.13. The molecule has 2 heterocycles. The van der Waals surface area contributed by atoms with E-state index in [-0.39, 0.29) is 29.0 Å². The number of nitrogens with two attached hydrogens (primary N) is 1. The molecule has 0 aliphatic carbocycles. The minimum Gasteiger partial charge on any atom is -0.487 e. The van der Waals surface area contributed by atoms with Gasteiger partial charge in [-0.05, 0) is 30.3 Å². The van der Waals surface area contributed by atoms with Crippen LogP contribution in [0.25, 0.3) is 0 Å². The molecule has 0 aliphatic heterocycles. The van der Waals surface area contributed by atoms with E-state index in [0.717, 1.165) is 6.07 Å². The highest BCUT2D eigenvalue weighted by atomic mass is 19.1. The third-order valence-electron chi connectivity index (χ3n) is 3.68. The second-order valence-electron chi connectivity index (χ2n) is 5.69. The Morgan fingerprint density at radius 1 is 1.07 bits per heavy atom. The molecule has 3 rings (SSSR count). The van der Waals surface area contributed by atoms with E-state index in [9.17, 15) is 18.4 Å². The van der Waals surface area contributed by atoms with Crippen molar-refractivity contribution in [3.8, 4) is 5.75 Å². The lowest BCUT2D eigenvalue weighted by atomic mass is 10.2. The standard InChI is InChI=1S/C19H14F2N4O3/c20-16-2-1-14(25-19(27)11-3-4-24-17(21)7-11)5-13(16)10-28-15-6-12(18(22)26)8-23-9-15/h1-9H,10H2,(H2,22,26)(H,25,27). The third kappa shape index (κ3) is 4.64. The number of rotatable bonds is 6. The van der Waals surface area contributed by atoms with Crippen molar-refractivity contribution in [2.75, 3.05) is 5.32 Å². The molecule has 0 spiro atoms. The Morgan fingerprint density at radius 2 is 1.89 bits per heavy atom. The van der Waals surface area contributed by atoms with Crippen LogP contribution in [-0.2, 0) is 6.61 Å². The largest absolute Gasteiger partial charge is 0.487 e. The molecule has 0 atom stereocenters. The number of aromatic nitrogens is 2. The summed E-state index contributed by atoms with van der Waals surface area (Å²) in [6.45, 7) is -0.177. The molecule has 3 N–H and O–H groups in total. The van der Waals surface area contributed by atoms with Crippen LogP contribution in [0, 0.1) is 11.8 Å². The number of carbonyl (C=O) groups is 2. The number of halogens is 2. The molecule has 0 saturated carbocycles. The molecule has 1 aromatic carbocycles. The molecule has 0 aliphatic rings. The highest BCUT2D eigenvalue weighted by Gasteiger charge is 2.11. The number of carbonyl (C=O) groups excluding carboxylic acids is 2. The molecule has 2 aromatic heterocycles. The first-order valence-corrected chi connectivity index (χ1v) is 8.01. The summed E-state index contributed by atoms with van der Waals surface area (Å²) in [6.07, 6.45) is 3.81. The maximum absolute atomic E-state index is 14.1. The maximum Gasteiger partial charge on any atom is 0.255 e. The molecule has 142 valence electrons. The average Bonchev–Trinajstić information content (AvgIpc) is 2.68. The Hall–Kier alpha value is -3.88. The highest BCUT2D eigenvalue weighted by Crippen LogP contribution is 2.19. The van der Waals surface area contributed by atoms with E-state index in [1.165, 1.54) is 48.9 Å². The number of amides is 2. The molecule has 0 radical (unpaired) electrons. The third-order valence-corrected chi connectivity index (χ3v) is 3.68. The first-order valence-electron chi connectivity index (χ1n) is 8.01. The Morgan fingerprint density at radius 3 is 2.64 bits per heavy atom. The number of pyridine rings is 2. The van der Waals surface area contributed by atoms with E-state index in [4.69, 9.17) is 10.5 Å². The Kier molecular flexibility index (Phi) is 5.54. The van der Waals surface area contributed by atoms with Gasteiger partial charge >= 0.3 is 0 Å². The zero-order valence-electron chi connectivity index (χ0n) is 14.4. The van der Waals surface area contributed by atoms with E-state index < -0.39 is 23.6 Å². The first kappa shape index (κ1) is 18.9. The molecular weight excluding hydrogens is 370 g/mol. The summed E-state index contributed by atoms with van der Waals surface area (Å²) in [5.41, 5.74) is 5.86. The topological polar surface area (TPSA) is 107 Å². The quantitative estimate of drug-likeness (QED) is 0.636. The van der Waals surface area contributed by atoms with Crippen LogP contribution in [0.4, 0.5) is 14.5 Å². The van der Waals surface area contributed by atoms with E-state index >= 15 is 0 Å². The molecule has 0 fully saturated rings. The van der Waals surface area contributed by atoms with Crippen LogP contribution in [-0.4, -0.2) is 21.8 Å². The molecule has 28 heavy (non-hydrogen) atoms. The van der Waals surface area contributed by atoms with Gasteiger partial charge in [0.05, 0.1) is 11.8 Å². The maximum atomic E-state index is 14.1. The SMILES string of the molecule is NC(=O)c1cncc(OCc2cc(NC(=O)c3ccnc(F)c3)ccc2F)c1. The summed E-state index contributed by atoms with van der Waals surface area (Å²) in [7, 11) is 0. The van der Waals surface area contributed by atoms with Gasteiger partial charge in [0.15, 0.2) is 0 Å². The zero-order valence-corrected chi connectivity index (χ0v) is 14.4. The van der Waals surface area contributed by atoms with Crippen molar-refractivity contribution in [2.45, 2.75) is 6.61 Å². The van der Waals surface area contributed by atoms with Crippen molar-refractivity contribution >= 4 is 17.5 Å². The monoisotopic (exact) mass is 384 g/mol. The number of anilines is 1. The van der Waals surface area contributed by atoms with Crippen LogP contribution in [0.5, 0.6) is 5.75 Å². The molecule has 0 saturated heterocycles. The number of benzene rings is 1. The lowest BCUT2D eigenvalue weighted by molar-refractivity contribution is 0.0997.